The summed E-state index contributed by atoms with van der Waals surface area (Å²) in [6, 6.07) is 8.02. The fourth-order valence-corrected chi connectivity index (χ4v) is 1.37. The Hall–Kier alpha value is -2.10. The summed E-state index contributed by atoms with van der Waals surface area (Å²) in [5.74, 6) is 0.618. The smallest absolute Gasteiger partial charge is 0.251 e. The third kappa shape index (κ3) is 2.04. The van der Waals surface area contributed by atoms with Crippen molar-refractivity contribution in [3.63, 3.8) is 0 Å². The van der Waals surface area contributed by atoms with Crippen LogP contribution in [-0.2, 0) is 0 Å². The van der Waals surface area contributed by atoms with Crippen molar-refractivity contribution >= 4 is 0 Å². The van der Waals surface area contributed by atoms with Gasteiger partial charge in [0.05, 0.1) is 0 Å². The van der Waals surface area contributed by atoms with Gasteiger partial charge in [0.2, 0.25) is 0 Å². The Balaban J connectivity index is 2.59. The van der Waals surface area contributed by atoms with Crippen LogP contribution in [0.3, 0.4) is 0 Å². The molecule has 0 saturated heterocycles. The average Bonchev–Trinajstić information content (AvgIpc) is 2.16. The van der Waals surface area contributed by atoms with E-state index in [2.05, 4.69) is 9.97 Å². The molecule has 15 heavy (non-hydrogen) atoms. The van der Waals surface area contributed by atoms with Crippen molar-refractivity contribution in [1.82, 2.24) is 9.97 Å². The molecule has 2 rings (SSSR count). The highest BCUT2D eigenvalue weighted by atomic mass is 16.3. The van der Waals surface area contributed by atoms with Gasteiger partial charge in [-0.3, -0.25) is 4.79 Å². The molecule has 1 aromatic heterocycles. The fourth-order valence-electron chi connectivity index (χ4n) is 1.37. The summed E-state index contributed by atoms with van der Waals surface area (Å²) in [5, 5.41) is 9.29. The number of aryl methyl sites for hydroxylation is 1. The summed E-state index contributed by atoms with van der Waals surface area (Å²) in [4.78, 5) is 18.0. The lowest BCUT2D eigenvalue weighted by atomic mass is 10.2. The van der Waals surface area contributed by atoms with Gasteiger partial charge in [-0.15, -0.1) is 0 Å². The molecule has 0 radical (unpaired) electrons. The number of rotatable bonds is 1. The van der Waals surface area contributed by atoms with E-state index in [4.69, 9.17) is 0 Å². The van der Waals surface area contributed by atoms with Gasteiger partial charge in [0.15, 0.2) is 0 Å². The Morgan fingerprint density at radius 3 is 2.80 bits per heavy atom. The fraction of sp³-hybridized carbons (Fsp3) is 0.0909. The van der Waals surface area contributed by atoms with Crippen LogP contribution in [0, 0.1) is 6.92 Å². The highest BCUT2D eigenvalue weighted by Gasteiger charge is 2.02. The Bertz CT molecular complexity index is 546. The molecule has 0 fully saturated rings. The number of nitrogens with one attached hydrogen (secondary N) is 1. The Morgan fingerprint density at radius 1 is 1.33 bits per heavy atom. The van der Waals surface area contributed by atoms with Crippen LogP contribution >= 0.6 is 0 Å². The monoisotopic (exact) mass is 202 g/mol. The molecule has 0 spiro atoms. The molecular weight excluding hydrogens is 192 g/mol. The van der Waals surface area contributed by atoms with Crippen molar-refractivity contribution in [1.29, 1.82) is 0 Å². The lowest BCUT2D eigenvalue weighted by Crippen LogP contribution is -2.08. The van der Waals surface area contributed by atoms with E-state index in [-0.39, 0.29) is 11.3 Å². The number of phenols is 1. The molecule has 1 heterocycles. The highest BCUT2D eigenvalue weighted by Crippen LogP contribution is 2.18. The quantitative estimate of drug-likeness (QED) is 0.735. The first-order valence-corrected chi connectivity index (χ1v) is 4.52. The molecule has 0 unspecified atom stereocenters. The number of aromatic amines is 1. The Labute approximate surface area is 86.2 Å². The standard InChI is InChI=1S/C11H10N2O2/c1-7-5-10(15)13-11(12-7)8-3-2-4-9(14)6-8/h2-6,14H,1H3,(H,12,13,15). The molecule has 0 aliphatic carbocycles. The molecule has 4 heteroatoms. The van der Waals surface area contributed by atoms with Crippen molar-refractivity contribution in [3.8, 4) is 17.1 Å². The van der Waals surface area contributed by atoms with E-state index in [0.717, 1.165) is 0 Å². The summed E-state index contributed by atoms with van der Waals surface area (Å²) < 4.78 is 0. The molecular formula is C11H10N2O2. The van der Waals surface area contributed by atoms with Crippen molar-refractivity contribution < 1.29 is 5.11 Å². The first kappa shape index (κ1) is 9.45. The number of nitrogens with zero attached hydrogens (tertiary/aromatic N) is 1. The maximum absolute atomic E-state index is 11.2. The first-order chi connectivity index (χ1) is 7.15. The summed E-state index contributed by atoms with van der Waals surface area (Å²) in [7, 11) is 0. The van der Waals surface area contributed by atoms with Crippen LogP contribution in [0.2, 0.25) is 0 Å². The number of hydrogen-bond acceptors (Lipinski definition) is 3. The van der Waals surface area contributed by atoms with Gasteiger partial charge >= 0.3 is 0 Å². The van der Waals surface area contributed by atoms with Gasteiger partial charge in [0.1, 0.15) is 11.6 Å². The second kappa shape index (κ2) is 3.57. The predicted octanol–water partition coefficient (Wildman–Crippen LogP) is 1.45. The molecule has 2 N–H and O–H groups in total. The molecule has 76 valence electrons. The van der Waals surface area contributed by atoms with E-state index >= 15 is 0 Å². The van der Waals surface area contributed by atoms with Crippen LogP contribution < -0.4 is 5.56 Å². The maximum Gasteiger partial charge on any atom is 0.251 e. The van der Waals surface area contributed by atoms with E-state index in [9.17, 15) is 9.90 Å². The van der Waals surface area contributed by atoms with Gasteiger partial charge in [-0.1, -0.05) is 12.1 Å². The van der Waals surface area contributed by atoms with Crippen LogP contribution in [0.25, 0.3) is 11.4 Å². The number of benzene rings is 1. The minimum Gasteiger partial charge on any atom is -0.508 e. The zero-order valence-corrected chi connectivity index (χ0v) is 8.19. The predicted molar refractivity (Wildman–Crippen MR) is 56.7 cm³/mol. The van der Waals surface area contributed by atoms with Gasteiger partial charge in [-0.25, -0.2) is 4.98 Å². The third-order valence-electron chi connectivity index (χ3n) is 1.99. The lowest BCUT2D eigenvalue weighted by Gasteiger charge is -2.01. The minimum absolute atomic E-state index is 0.150. The van der Waals surface area contributed by atoms with E-state index in [0.29, 0.717) is 17.1 Å². The van der Waals surface area contributed by atoms with E-state index < -0.39 is 0 Å². The average molecular weight is 202 g/mol. The topological polar surface area (TPSA) is 66.0 Å². The maximum atomic E-state index is 11.2. The highest BCUT2D eigenvalue weighted by molar-refractivity contribution is 5.56. The second-order valence-corrected chi connectivity index (χ2v) is 3.29. The number of H-pyrrole nitrogens is 1. The minimum atomic E-state index is -0.194. The molecule has 0 atom stereocenters. The van der Waals surface area contributed by atoms with Gasteiger partial charge in [0.25, 0.3) is 5.56 Å². The van der Waals surface area contributed by atoms with Crippen LogP contribution in [-0.4, -0.2) is 15.1 Å². The van der Waals surface area contributed by atoms with Crippen molar-refractivity contribution in [2.75, 3.05) is 0 Å². The Morgan fingerprint density at radius 2 is 2.13 bits per heavy atom. The number of phenolic OH excluding ortho intramolecular Hbond substituents is 1. The second-order valence-electron chi connectivity index (χ2n) is 3.29. The van der Waals surface area contributed by atoms with E-state index in [1.807, 2.05) is 0 Å². The van der Waals surface area contributed by atoms with Gasteiger partial charge in [0, 0.05) is 17.3 Å². The van der Waals surface area contributed by atoms with Crippen LogP contribution in [0.1, 0.15) is 5.69 Å². The normalized spacial score (nSPS) is 10.2. The summed E-state index contributed by atoms with van der Waals surface area (Å²) >= 11 is 0. The number of aromatic nitrogens is 2. The van der Waals surface area contributed by atoms with Crippen molar-refractivity contribution in [3.05, 3.63) is 46.4 Å². The lowest BCUT2D eigenvalue weighted by molar-refractivity contribution is 0.475. The molecule has 0 bridgehead atoms. The molecule has 0 saturated carbocycles. The van der Waals surface area contributed by atoms with Gasteiger partial charge in [-0.2, -0.15) is 0 Å². The zero-order valence-electron chi connectivity index (χ0n) is 8.19. The van der Waals surface area contributed by atoms with Crippen molar-refractivity contribution in [2.24, 2.45) is 0 Å². The number of hydrogen-bond donors (Lipinski definition) is 2. The molecule has 0 amide bonds. The summed E-state index contributed by atoms with van der Waals surface area (Å²) in [5.41, 5.74) is 1.15. The molecule has 4 nitrogen and oxygen atoms in total. The molecule has 0 aliphatic heterocycles. The molecule has 2 aromatic rings. The SMILES string of the molecule is Cc1cc(=O)[nH]c(-c2cccc(O)c2)n1. The van der Waals surface area contributed by atoms with E-state index in [1.165, 1.54) is 6.07 Å². The number of aromatic hydroxyl groups is 1. The van der Waals surface area contributed by atoms with Gasteiger partial charge < -0.3 is 10.1 Å². The first-order valence-electron chi connectivity index (χ1n) is 4.52. The van der Waals surface area contributed by atoms with E-state index in [1.54, 1.807) is 31.2 Å². The van der Waals surface area contributed by atoms with Gasteiger partial charge in [-0.05, 0) is 19.1 Å². The third-order valence-corrected chi connectivity index (χ3v) is 1.99. The van der Waals surface area contributed by atoms with Crippen LogP contribution in [0.15, 0.2) is 35.1 Å². The molecule has 1 aromatic carbocycles. The molecule has 0 aliphatic rings. The Kier molecular flexibility index (Phi) is 2.25. The summed E-state index contributed by atoms with van der Waals surface area (Å²) in [6.07, 6.45) is 0. The zero-order chi connectivity index (χ0) is 10.8. The summed E-state index contributed by atoms with van der Waals surface area (Å²) in [6.45, 7) is 1.75. The van der Waals surface area contributed by atoms with Crippen LogP contribution in [0.4, 0.5) is 0 Å². The van der Waals surface area contributed by atoms with Crippen LogP contribution in [0.5, 0.6) is 5.75 Å². The largest absolute Gasteiger partial charge is 0.508 e. The van der Waals surface area contributed by atoms with Crippen molar-refractivity contribution in [2.45, 2.75) is 6.92 Å².